The number of nitrogens with one attached hydrogen (secondary N) is 2. The number of benzene rings is 1. The molecule has 1 aromatic heterocycles. The van der Waals surface area contributed by atoms with Crippen LogP contribution in [-0.2, 0) is 0 Å². The Kier molecular flexibility index (Phi) is 4.82. The van der Waals surface area contributed by atoms with Gasteiger partial charge in [-0.15, -0.1) is 0 Å². The monoisotopic (exact) mass is 307 g/mol. The van der Waals surface area contributed by atoms with Crippen LogP contribution in [0.25, 0.3) is 0 Å². The number of aromatic nitrogens is 2. The molecular weight excluding hydrogens is 290 g/mol. The van der Waals surface area contributed by atoms with Crippen molar-refractivity contribution >= 4 is 28.9 Å². The van der Waals surface area contributed by atoms with E-state index >= 15 is 0 Å². The third-order valence-corrected chi connectivity index (χ3v) is 3.17. The van der Waals surface area contributed by atoms with Crippen molar-refractivity contribution in [3.05, 3.63) is 35.1 Å². The summed E-state index contributed by atoms with van der Waals surface area (Å²) in [4.78, 5) is 8.76. The number of nitrogen functional groups attached to an aromatic ring is 1. The molecule has 0 saturated heterocycles. The van der Waals surface area contributed by atoms with Crippen molar-refractivity contribution in [2.45, 2.75) is 19.8 Å². The standard InChI is InChI=1S/C14H18ClN5O/c1-8(2)14-18-12(7-13(19-14)20-16)17-11-6-9(21-3)4-5-10(11)15/h4-8H,16H2,1-3H3,(H2,17,18,19,20). The molecule has 0 amide bonds. The second-order valence-electron chi connectivity index (χ2n) is 4.77. The topological polar surface area (TPSA) is 85.1 Å². The van der Waals surface area contributed by atoms with Gasteiger partial charge in [-0.05, 0) is 12.1 Å². The number of hydrogen-bond donors (Lipinski definition) is 3. The van der Waals surface area contributed by atoms with Crippen LogP contribution in [0.5, 0.6) is 5.75 Å². The van der Waals surface area contributed by atoms with Crippen LogP contribution in [-0.4, -0.2) is 17.1 Å². The van der Waals surface area contributed by atoms with Crippen molar-refractivity contribution in [1.82, 2.24) is 9.97 Å². The number of anilines is 3. The fourth-order valence-corrected chi connectivity index (χ4v) is 1.89. The number of nitrogens with zero attached hydrogens (tertiary/aromatic N) is 2. The first-order valence-electron chi connectivity index (χ1n) is 6.49. The fourth-order valence-electron chi connectivity index (χ4n) is 1.73. The number of halogens is 1. The summed E-state index contributed by atoms with van der Waals surface area (Å²) in [5.41, 5.74) is 3.24. The highest BCUT2D eigenvalue weighted by Gasteiger charge is 2.09. The summed E-state index contributed by atoms with van der Waals surface area (Å²) in [6.45, 7) is 4.02. The molecule has 0 aliphatic carbocycles. The average Bonchev–Trinajstić information content (AvgIpc) is 2.49. The molecule has 7 heteroatoms. The number of nitrogens with two attached hydrogens (primary N) is 1. The minimum atomic E-state index is 0.180. The zero-order chi connectivity index (χ0) is 15.4. The van der Waals surface area contributed by atoms with Crippen molar-refractivity contribution in [2.75, 3.05) is 17.9 Å². The maximum Gasteiger partial charge on any atom is 0.145 e. The lowest BCUT2D eigenvalue weighted by atomic mass is 10.2. The van der Waals surface area contributed by atoms with E-state index in [1.54, 1.807) is 31.4 Å². The quantitative estimate of drug-likeness (QED) is 0.580. The molecular formula is C14H18ClN5O. The highest BCUT2D eigenvalue weighted by atomic mass is 35.5. The maximum absolute atomic E-state index is 6.18. The van der Waals surface area contributed by atoms with Crippen LogP contribution in [0.4, 0.5) is 17.3 Å². The lowest BCUT2D eigenvalue weighted by molar-refractivity contribution is 0.415. The van der Waals surface area contributed by atoms with Gasteiger partial charge >= 0.3 is 0 Å². The predicted molar refractivity (Wildman–Crippen MR) is 85.2 cm³/mol. The van der Waals surface area contributed by atoms with E-state index in [0.717, 1.165) is 0 Å². The van der Waals surface area contributed by atoms with E-state index in [1.165, 1.54) is 0 Å². The Balaban J connectivity index is 2.36. The second kappa shape index (κ2) is 6.60. The highest BCUT2D eigenvalue weighted by molar-refractivity contribution is 6.33. The van der Waals surface area contributed by atoms with Gasteiger partial charge in [0.15, 0.2) is 0 Å². The minimum Gasteiger partial charge on any atom is -0.497 e. The fraction of sp³-hybridized carbons (Fsp3) is 0.286. The molecule has 2 aromatic rings. The molecule has 0 fully saturated rings. The van der Waals surface area contributed by atoms with Crippen LogP contribution >= 0.6 is 11.6 Å². The molecule has 0 radical (unpaired) electrons. The smallest absolute Gasteiger partial charge is 0.145 e. The Morgan fingerprint density at radius 2 is 1.90 bits per heavy atom. The van der Waals surface area contributed by atoms with Crippen LogP contribution in [0.3, 0.4) is 0 Å². The van der Waals surface area contributed by atoms with E-state index < -0.39 is 0 Å². The molecule has 0 atom stereocenters. The first kappa shape index (κ1) is 15.3. The largest absolute Gasteiger partial charge is 0.497 e. The van der Waals surface area contributed by atoms with Crippen molar-refractivity contribution in [1.29, 1.82) is 0 Å². The van der Waals surface area contributed by atoms with Crippen molar-refractivity contribution in [2.24, 2.45) is 5.84 Å². The van der Waals surface area contributed by atoms with Gasteiger partial charge in [0.05, 0.1) is 17.8 Å². The summed E-state index contributed by atoms with van der Waals surface area (Å²) in [6.07, 6.45) is 0. The molecule has 0 bridgehead atoms. The molecule has 1 aromatic carbocycles. The zero-order valence-corrected chi connectivity index (χ0v) is 12.9. The molecule has 1 heterocycles. The normalized spacial score (nSPS) is 10.6. The van der Waals surface area contributed by atoms with Gasteiger partial charge in [0, 0.05) is 18.1 Å². The van der Waals surface area contributed by atoms with Gasteiger partial charge in [0.25, 0.3) is 0 Å². The first-order valence-corrected chi connectivity index (χ1v) is 6.87. The van der Waals surface area contributed by atoms with Crippen molar-refractivity contribution in [3.63, 3.8) is 0 Å². The van der Waals surface area contributed by atoms with Crippen molar-refractivity contribution in [3.8, 4) is 5.75 Å². The van der Waals surface area contributed by atoms with Gasteiger partial charge in [-0.2, -0.15) is 0 Å². The van der Waals surface area contributed by atoms with Crippen LogP contribution in [0.15, 0.2) is 24.3 Å². The Bertz CT molecular complexity index is 633. The SMILES string of the molecule is COc1ccc(Cl)c(Nc2cc(NN)nc(C(C)C)n2)c1. The summed E-state index contributed by atoms with van der Waals surface area (Å²) < 4.78 is 5.19. The van der Waals surface area contributed by atoms with Gasteiger partial charge in [0.2, 0.25) is 0 Å². The number of hydrazine groups is 1. The molecule has 0 spiro atoms. The van der Waals surface area contributed by atoms with Gasteiger partial charge in [-0.1, -0.05) is 25.4 Å². The molecule has 4 N–H and O–H groups in total. The molecule has 0 unspecified atom stereocenters. The Hall–Kier alpha value is -2.05. The summed E-state index contributed by atoms with van der Waals surface area (Å²) in [7, 11) is 1.60. The first-order chi connectivity index (χ1) is 10.0. The third kappa shape index (κ3) is 3.74. The van der Waals surface area contributed by atoms with Gasteiger partial charge < -0.3 is 15.5 Å². The molecule has 0 aliphatic heterocycles. The van der Waals surface area contributed by atoms with E-state index in [9.17, 15) is 0 Å². The number of hydrogen-bond acceptors (Lipinski definition) is 6. The Labute approximate surface area is 128 Å². The maximum atomic E-state index is 6.18. The Morgan fingerprint density at radius 1 is 1.19 bits per heavy atom. The van der Waals surface area contributed by atoms with Crippen molar-refractivity contribution < 1.29 is 4.74 Å². The van der Waals surface area contributed by atoms with E-state index in [4.69, 9.17) is 22.2 Å². The van der Waals surface area contributed by atoms with Crippen LogP contribution < -0.4 is 21.3 Å². The molecule has 21 heavy (non-hydrogen) atoms. The summed E-state index contributed by atoms with van der Waals surface area (Å²) in [5.74, 6) is 8.16. The van der Waals surface area contributed by atoms with Gasteiger partial charge in [0.1, 0.15) is 23.2 Å². The molecule has 2 rings (SSSR count). The van der Waals surface area contributed by atoms with Gasteiger partial charge in [-0.25, -0.2) is 15.8 Å². The summed E-state index contributed by atoms with van der Waals surface area (Å²) in [6, 6.07) is 7.06. The van der Waals surface area contributed by atoms with E-state index in [-0.39, 0.29) is 5.92 Å². The molecule has 112 valence electrons. The molecule has 0 aliphatic rings. The van der Waals surface area contributed by atoms with E-state index in [1.807, 2.05) is 13.8 Å². The molecule has 0 saturated carbocycles. The second-order valence-corrected chi connectivity index (χ2v) is 5.17. The van der Waals surface area contributed by atoms with Crippen LogP contribution in [0.2, 0.25) is 5.02 Å². The summed E-state index contributed by atoms with van der Waals surface area (Å²) in [5, 5.41) is 3.73. The van der Waals surface area contributed by atoms with E-state index in [0.29, 0.717) is 33.9 Å². The third-order valence-electron chi connectivity index (χ3n) is 2.84. The highest BCUT2D eigenvalue weighted by Crippen LogP contribution is 2.29. The van der Waals surface area contributed by atoms with Crippen LogP contribution in [0, 0.1) is 0 Å². The Morgan fingerprint density at radius 3 is 2.52 bits per heavy atom. The summed E-state index contributed by atoms with van der Waals surface area (Å²) >= 11 is 6.18. The lowest BCUT2D eigenvalue weighted by Crippen LogP contribution is -2.12. The van der Waals surface area contributed by atoms with E-state index in [2.05, 4.69) is 20.7 Å². The molecule has 6 nitrogen and oxygen atoms in total. The minimum absolute atomic E-state index is 0.180. The number of ether oxygens (including phenoxy) is 1. The lowest BCUT2D eigenvalue weighted by Gasteiger charge is -2.13. The number of methoxy groups -OCH3 is 1. The average molecular weight is 308 g/mol. The van der Waals surface area contributed by atoms with Gasteiger partial charge in [-0.3, -0.25) is 0 Å². The predicted octanol–water partition coefficient (Wildman–Crippen LogP) is 3.29. The van der Waals surface area contributed by atoms with Crippen LogP contribution in [0.1, 0.15) is 25.6 Å². The number of rotatable bonds is 5. The zero-order valence-electron chi connectivity index (χ0n) is 12.1.